The van der Waals surface area contributed by atoms with E-state index in [1.54, 1.807) is 7.11 Å². The third-order valence-corrected chi connectivity index (χ3v) is 5.28. The van der Waals surface area contributed by atoms with Gasteiger partial charge in [0.05, 0.1) is 12.8 Å². The summed E-state index contributed by atoms with van der Waals surface area (Å²) < 4.78 is 5.50. The van der Waals surface area contributed by atoms with Crippen LogP contribution < -0.4 is 9.64 Å². The SMILES string of the molecule is COc1ccccc1N1CCN([C@@H]2CCCC[C@@H]2C)CC1. The van der Waals surface area contributed by atoms with Crippen LogP contribution in [0.3, 0.4) is 0 Å². The highest BCUT2D eigenvalue weighted by molar-refractivity contribution is 5.58. The predicted octanol–water partition coefficient (Wildman–Crippen LogP) is 3.40. The molecule has 3 nitrogen and oxygen atoms in total. The van der Waals surface area contributed by atoms with Crippen molar-refractivity contribution in [1.82, 2.24) is 4.90 Å². The Hall–Kier alpha value is -1.22. The van der Waals surface area contributed by atoms with Gasteiger partial charge in [-0.2, -0.15) is 0 Å². The molecule has 116 valence electrons. The molecule has 0 N–H and O–H groups in total. The van der Waals surface area contributed by atoms with Gasteiger partial charge in [0.25, 0.3) is 0 Å². The topological polar surface area (TPSA) is 15.7 Å². The molecule has 1 aromatic rings. The maximum atomic E-state index is 5.50. The molecule has 0 radical (unpaired) electrons. The lowest BCUT2D eigenvalue weighted by atomic mass is 9.84. The molecule has 3 rings (SSSR count). The average molecular weight is 288 g/mol. The molecule has 2 aliphatic rings. The minimum absolute atomic E-state index is 0.818. The molecule has 0 bridgehead atoms. The molecule has 0 amide bonds. The van der Waals surface area contributed by atoms with Crippen LogP contribution in [-0.2, 0) is 0 Å². The highest BCUT2D eigenvalue weighted by atomic mass is 16.5. The molecule has 1 aromatic carbocycles. The number of nitrogens with zero attached hydrogens (tertiary/aromatic N) is 2. The van der Waals surface area contributed by atoms with Crippen molar-refractivity contribution in [3.63, 3.8) is 0 Å². The first-order valence-electron chi connectivity index (χ1n) is 8.41. The summed E-state index contributed by atoms with van der Waals surface area (Å²) in [6, 6.07) is 9.21. The number of ether oxygens (including phenoxy) is 1. The Kier molecular flexibility index (Phi) is 4.69. The maximum Gasteiger partial charge on any atom is 0.142 e. The van der Waals surface area contributed by atoms with Crippen LogP contribution in [0.2, 0.25) is 0 Å². The van der Waals surface area contributed by atoms with Gasteiger partial charge in [0, 0.05) is 32.2 Å². The van der Waals surface area contributed by atoms with Crippen LogP contribution in [0.5, 0.6) is 5.75 Å². The molecule has 1 saturated carbocycles. The quantitative estimate of drug-likeness (QED) is 0.848. The van der Waals surface area contributed by atoms with E-state index < -0.39 is 0 Å². The number of para-hydroxylation sites is 2. The Bertz CT molecular complexity index is 454. The number of anilines is 1. The molecule has 1 saturated heterocycles. The molecule has 21 heavy (non-hydrogen) atoms. The number of benzene rings is 1. The molecule has 1 aliphatic heterocycles. The van der Waals surface area contributed by atoms with Crippen molar-refractivity contribution in [2.24, 2.45) is 5.92 Å². The Balaban J connectivity index is 1.62. The first-order chi connectivity index (χ1) is 10.3. The van der Waals surface area contributed by atoms with E-state index in [0.29, 0.717) is 0 Å². The molecular formula is C18H28N2O. The fourth-order valence-corrected chi connectivity index (χ4v) is 4.02. The van der Waals surface area contributed by atoms with Gasteiger partial charge in [0.2, 0.25) is 0 Å². The summed E-state index contributed by atoms with van der Waals surface area (Å²) in [6.45, 7) is 7.05. The molecule has 0 unspecified atom stereocenters. The first kappa shape index (κ1) is 14.7. The molecular weight excluding hydrogens is 260 g/mol. The van der Waals surface area contributed by atoms with Crippen molar-refractivity contribution in [2.75, 3.05) is 38.2 Å². The van der Waals surface area contributed by atoms with Gasteiger partial charge in [-0.25, -0.2) is 0 Å². The number of methoxy groups -OCH3 is 1. The van der Waals surface area contributed by atoms with Crippen LogP contribution in [0, 0.1) is 5.92 Å². The summed E-state index contributed by atoms with van der Waals surface area (Å²) in [5.41, 5.74) is 1.25. The molecule has 2 fully saturated rings. The standard InChI is InChI=1S/C18H28N2O/c1-15-7-3-4-8-16(15)19-11-13-20(14-12-19)17-9-5-6-10-18(17)21-2/h5-6,9-10,15-16H,3-4,7-8,11-14H2,1-2H3/t15-,16+/m0/s1. The number of hydrogen-bond acceptors (Lipinski definition) is 3. The molecule has 1 aliphatic carbocycles. The van der Waals surface area contributed by atoms with Crippen LogP contribution in [0.15, 0.2) is 24.3 Å². The molecule has 2 atom stereocenters. The second kappa shape index (κ2) is 6.69. The van der Waals surface area contributed by atoms with Crippen molar-refractivity contribution >= 4 is 5.69 Å². The molecule has 0 aromatic heterocycles. The summed E-state index contributed by atoms with van der Waals surface area (Å²) in [4.78, 5) is 5.21. The third kappa shape index (κ3) is 3.18. The summed E-state index contributed by atoms with van der Waals surface area (Å²) in [7, 11) is 1.76. The van der Waals surface area contributed by atoms with Crippen LogP contribution in [0.25, 0.3) is 0 Å². The third-order valence-electron chi connectivity index (χ3n) is 5.28. The van der Waals surface area contributed by atoms with Crippen LogP contribution in [0.1, 0.15) is 32.6 Å². The van der Waals surface area contributed by atoms with Gasteiger partial charge in [-0.15, -0.1) is 0 Å². The van der Waals surface area contributed by atoms with Crippen molar-refractivity contribution in [3.8, 4) is 5.75 Å². The van der Waals surface area contributed by atoms with E-state index >= 15 is 0 Å². The lowest BCUT2D eigenvalue weighted by molar-refractivity contribution is 0.105. The van der Waals surface area contributed by atoms with E-state index in [1.165, 1.54) is 44.5 Å². The number of piperazine rings is 1. The largest absolute Gasteiger partial charge is 0.495 e. The minimum Gasteiger partial charge on any atom is -0.495 e. The summed E-state index contributed by atoms with van der Waals surface area (Å²) in [6.07, 6.45) is 5.66. The van der Waals surface area contributed by atoms with Gasteiger partial charge in [0.15, 0.2) is 0 Å². The van der Waals surface area contributed by atoms with E-state index in [1.807, 2.05) is 6.07 Å². The van der Waals surface area contributed by atoms with Gasteiger partial charge < -0.3 is 9.64 Å². The number of rotatable bonds is 3. The van der Waals surface area contributed by atoms with E-state index in [-0.39, 0.29) is 0 Å². The second-order valence-corrected chi connectivity index (χ2v) is 6.52. The van der Waals surface area contributed by atoms with Crippen molar-refractivity contribution in [1.29, 1.82) is 0 Å². The predicted molar refractivity (Wildman–Crippen MR) is 88.2 cm³/mol. The smallest absolute Gasteiger partial charge is 0.142 e. The van der Waals surface area contributed by atoms with Gasteiger partial charge in [-0.1, -0.05) is 31.9 Å². The zero-order chi connectivity index (χ0) is 14.7. The Morgan fingerprint density at radius 2 is 1.71 bits per heavy atom. The monoisotopic (exact) mass is 288 g/mol. The summed E-state index contributed by atoms with van der Waals surface area (Å²) in [5.74, 6) is 1.87. The highest BCUT2D eigenvalue weighted by Crippen LogP contribution is 2.31. The summed E-state index contributed by atoms with van der Waals surface area (Å²) >= 11 is 0. The van der Waals surface area contributed by atoms with E-state index in [2.05, 4.69) is 34.9 Å². The fraction of sp³-hybridized carbons (Fsp3) is 0.667. The van der Waals surface area contributed by atoms with E-state index in [0.717, 1.165) is 30.8 Å². The first-order valence-corrected chi connectivity index (χ1v) is 8.41. The molecule has 0 spiro atoms. The zero-order valence-electron chi connectivity index (χ0n) is 13.4. The normalized spacial score (nSPS) is 27.6. The Morgan fingerprint density at radius 1 is 1.00 bits per heavy atom. The Morgan fingerprint density at radius 3 is 2.43 bits per heavy atom. The van der Waals surface area contributed by atoms with Gasteiger partial charge in [-0.05, 0) is 30.9 Å². The highest BCUT2D eigenvalue weighted by Gasteiger charge is 2.30. The Labute approximate surface area is 128 Å². The van der Waals surface area contributed by atoms with Gasteiger partial charge in [-0.3, -0.25) is 4.90 Å². The zero-order valence-corrected chi connectivity index (χ0v) is 13.4. The van der Waals surface area contributed by atoms with E-state index in [9.17, 15) is 0 Å². The maximum absolute atomic E-state index is 5.50. The number of hydrogen-bond donors (Lipinski definition) is 0. The summed E-state index contributed by atoms with van der Waals surface area (Å²) in [5, 5.41) is 0. The molecule has 1 heterocycles. The minimum atomic E-state index is 0.818. The average Bonchev–Trinajstić information content (AvgIpc) is 2.55. The fourth-order valence-electron chi connectivity index (χ4n) is 4.02. The van der Waals surface area contributed by atoms with Crippen molar-refractivity contribution < 1.29 is 4.74 Å². The second-order valence-electron chi connectivity index (χ2n) is 6.52. The lowest BCUT2D eigenvalue weighted by Gasteiger charge is -2.44. The van der Waals surface area contributed by atoms with Gasteiger partial charge >= 0.3 is 0 Å². The van der Waals surface area contributed by atoms with E-state index in [4.69, 9.17) is 4.74 Å². The van der Waals surface area contributed by atoms with Gasteiger partial charge in [0.1, 0.15) is 5.75 Å². The van der Waals surface area contributed by atoms with Crippen LogP contribution in [-0.4, -0.2) is 44.2 Å². The lowest BCUT2D eigenvalue weighted by Crippen LogP contribution is -2.52. The van der Waals surface area contributed by atoms with Crippen LogP contribution in [0.4, 0.5) is 5.69 Å². The van der Waals surface area contributed by atoms with Crippen molar-refractivity contribution in [3.05, 3.63) is 24.3 Å². The van der Waals surface area contributed by atoms with Crippen molar-refractivity contribution in [2.45, 2.75) is 38.6 Å². The molecule has 3 heteroatoms. The van der Waals surface area contributed by atoms with Crippen LogP contribution >= 0.6 is 0 Å².